The second-order valence-corrected chi connectivity index (χ2v) is 4.61. The SMILES string of the molecule is c1nc(-c2nc(NN3CCOCC3)c3[nH]ncc3n2)co1. The Morgan fingerprint density at radius 1 is 1.24 bits per heavy atom. The van der Waals surface area contributed by atoms with Crippen LogP contribution in [-0.4, -0.2) is 56.5 Å². The normalized spacial score (nSPS) is 16.4. The smallest absolute Gasteiger partial charge is 0.184 e. The fraction of sp³-hybridized carbons (Fsp3) is 0.333. The van der Waals surface area contributed by atoms with Crippen LogP contribution in [0, 0.1) is 0 Å². The van der Waals surface area contributed by atoms with Crippen molar-refractivity contribution in [2.75, 3.05) is 31.7 Å². The third-order valence-corrected chi connectivity index (χ3v) is 3.24. The zero-order valence-electron chi connectivity index (χ0n) is 11.1. The molecule has 9 heteroatoms. The van der Waals surface area contributed by atoms with Gasteiger partial charge in [0.25, 0.3) is 0 Å². The van der Waals surface area contributed by atoms with E-state index in [0.29, 0.717) is 30.5 Å². The number of morpholine rings is 1. The Kier molecular flexibility index (Phi) is 2.98. The quantitative estimate of drug-likeness (QED) is 0.724. The summed E-state index contributed by atoms with van der Waals surface area (Å²) in [6, 6.07) is 0. The first-order chi connectivity index (χ1) is 10.4. The second-order valence-electron chi connectivity index (χ2n) is 4.61. The molecule has 0 saturated carbocycles. The largest absolute Gasteiger partial charge is 0.451 e. The molecule has 0 atom stereocenters. The molecule has 0 bridgehead atoms. The summed E-state index contributed by atoms with van der Waals surface area (Å²) in [6.07, 6.45) is 4.53. The average molecular weight is 287 g/mol. The Hall–Kier alpha value is -2.52. The van der Waals surface area contributed by atoms with Crippen molar-refractivity contribution in [3.63, 3.8) is 0 Å². The Bertz CT molecular complexity index is 733. The fourth-order valence-corrected chi connectivity index (χ4v) is 2.18. The molecule has 0 aromatic carbocycles. The molecule has 0 unspecified atom stereocenters. The number of nitrogens with one attached hydrogen (secondary N) is 2. The summed E-state index contributed by atoms with van der Waals surface area (Å²) in [5.41, 5.74) is 5.35. The molecule has 1 fully saturated rings. The van der Waals surface area contributed by atoms with Gasteiger partial charge < -0.3 is 14.6 Å². The van der Waals surface area contributed by atoms with Crippen LogP contribution >= 0.6 is 0 Å². The molecule has 9 nitrogen and oxygen atoms in total. The first-order valence-electron chi connectivity index (χ1n) is 6.59. The molecule has 1 aliphatic rings. The highest BCUT2D eigenvalue weighted by molar-refractivity contribution is 5.86. The Labute approximate surface area is 119 Å². The van der Waals surface area contributed by atoms with Crippen molar-refractivity contribution in [1.82, 2.24) is 30.2 Å². The van der Waals surface area contributed by atoms with E-state index in [1.54, 1.807) is 6.20 Å². The van der Waals surface area contributed by atoms with Gasteiger partial charge in [0.2, 0.25) is 0 Å². The molecule has 0 spiro atoms. The molecule has 1 saturated heterocycles. The molecule has 0 amide bonds. The van der Waals surface area contributed by atoms with E-state index in [9.17, 15) is 0 Å². The van der Waals surface area contributed by atoms with Gasteiger partial charge in [0, 0.05) is 13.1 Å². The Balaban J connectivity index is 1.73. The van der Waals surface area contributed by atoms with Crippen molar-refractivity contribution in [2.45, 2.75) is 0 Å². The van der Waals surface area contributed by atoms with Crippen LogP contribution in [0.4, 0.5) is 5.82 Å². The second kappa shape index (κ2) is 5.11. The van der Waals surface area contributed by atoms with Gasteiger partial charge in [-0.15, -0.1) is 0 Å². The summed E-state index contributed by atoms with van der Waals surface area (Å²) in [5, 5.41) is 8.99. The van der Waals surface area contributed by atoms with E-state index in [0.717, 1.165) is 24.1 Å². The van der Waals surface area contributed by atoms with Gasteiger partial charge in [0.05, 0.1) is 19.4 Å². The van der Waals surface area contributed by atoms with Crippen molar-refractivity contribution < 1.29 is 9.15 Å². The van der Waals surface area contributed by atoms with Crippen LogP contribution < -0.4 is 5.43 Å². The lowest BCUT2D eigenvalue weighted by atomic mass is 10.4. The predicted molar refractivity (Wildman–Crippen MR) is 73.2 cm³/mol. The van der Waals surface area contributed by atoms with Gasteiger partial charge in [0.15, 0.2) is 18.0 Å². The number of aromatic amines is 1. The van der Waals surface area contributed by atoms with E-state index >= 15 is 0 Å². The van der Waals surface area contributed by atoms with Gasteiger partial charge >= 0.3 is 0 Å². The molecule has 4 heterocycles. The van der Waals surface area contributed by atoms with Gasteiger partial charge in [0.1, 0.15) is 23.0 Å². The number of H-pyrrole nitrogens is 1. The van der Waals surface area contributed by atoms with Gasteiger partial charge in [-0.3, -0.25) is 5.10 Å². The molecular weight excluding hydrogens is 274 g/mol. The van der Waals surface area contributed by atoms with Gasteiger partial charge in [-0.1, -0.05) is 0 Å². The monoisotopic (exact) mass is 287 g/mol. The van der Waals surface area contributed by atoms with E-state index in [1.807, 2.05) is 0 Å². The minimum Gasteiger partial charge on any atom is -0.451 e. The van der Waals surface area contributed by atoms with Gasteiger partial charge in [-0.05, 0) is 0 Å². The van der Waals surface area contributed by atoms with Crippen molar-refractivity contribution >= 4 is 16.9 Å². The zero-order valence-corrected chi connectivity index (χ0v) is 11.1. The third kappa shape index (κ3) is 2.32. The van der Waals surface area contributed by atoms with Gasteiger partial charge in [-0.2, -0.15) is 5.10 Å². The van der Waals surface area contributed by atoms with Crippen LogP contribution in [0.3, 0.4) is 0 Å². The number of anilines is 1. The molecule has 3 aromatic rings. The standard InChI is InChI=1S/C12H13N7O2/c1-3-20-4-2-19(1)18-12-10-8(5-14-17-10)15-11(16-12)9-6-21-7-13-9/h5-7H,1-4H2,(H,14,17)(H,15,16,18). The lowest BCUT2D eigenvalue weighted by molar-refractivity contribution is 0.0495. The summed E-state index contributed by atoms with van der Waals surface area (Å²) in [7, 11) is 0. The van der Waals surface area contributed by atoms with E-state index in [2.05, 4.69) is 35.6 Å². The van der Waals surface area contributed by atoms with Crippen LogP contribution in [0.1, 0.15) is 0 Å². The highest BCUT2D eigenvalue weighted by Gasteiger charge is 2.16. The average Bonchev–Trinajstić information content (AvgIpc) is 3.19. The molecule has 21 heavy (non-hydrogen) atoms. The van der Waals surface area contributed by atoms with Crippen LogP contribution in [0.5, 0.6) is 0 Å². The molecule has 4 rings (SSSR count). The van der Waals surface area contributed by atoms with E-state index in [-0.39, 0.29) is 0 Å². The number of hydrogen-bond acceptors (Lipinski definition) is 8. The molecule has 0 radical (unpaired) electrons. The van der Waals surface area contributed by atoms with Crippen LogP contribution in [0.2, 0.25) is 0 Å². The van der Waals surface area contributed by atoms with Crippen molar-refractivity contribution in [3.05, 3.63) is 18.9 Å². The third-order valence-electron chi connectivity index (χ3n) is 3.24. The number of hydrazine groups is 1. The lowest BCUT2D eigenvalue weighted by Crippen LogP contribution is -2.40. The molecular formula is C12H13N7O2. The van der Waals surface area contributed by atoms with Crippen LogP contribution in [0.15, 0.2) is 23.3 Å². The van der Waals surface area contributed by atoms with Crippen molar-refractivity contribution in [3.8, 4) is 11.5 Å². The number of hydrogen-bond donors (Lipinski definition) is 2. The highest BCUT2D eigenvalue weighted by atomic mass is 16.5. The fourth-order valence-electron chi connectivity index (χ4n) is 2.18. The highest BCUT2D eigenvalue weighted by Crippen LogP contribution is 2.22. The summed E-state index contributed by atoms with van der Waals surface area (Å²) >= 11 is 0. The van der Waals surface area contributed by atoms with Crippen molar-refractivity contribution in [2.24, 2.45) is 0 Å². The maximum atomic E-state index is 5.34. The molecule has 3 aromatic heterocycles. The molecule has 0 aliphatic carbocycles. The maximum Gasteiger partial charge on any atom is 0.184 e. The van der Waals surface area contributed by atoms with Crippen LogP contribution in [-0.2, 0) is 4.74 Å². The summed E-state index contributed by atoms with van der Waals surface area (Å²) < 4.78 is 10.3. The first kappa shape index (κ1) is 12.2. The van der Waals surface area contributed by atoms with Gasteiger partial charge in [-0.25, -0.2) is 20.0 Å². The summed E-state index contributed by atoms with van der Waals surface area (Å²) in [5.74, 6) is 1.16. The van der Waals surface area contributed by atoms with E-state index in [4.69, 9.17) is 9.15 Å². The van der Waals surface area contributed by atoms with E-state index < -0.39 is 0 Å². The zero-order chi connectivity index (χ0) is 14.1. The predicted octanol–water partition coefficient (Wildman–Crippen LogP) is 0.667. The topological polar surface area (TPSA) is 105 Å². The van der Waals surface area contributed by atoms with E-state index in [1.165, 1.54) is 12.7 Å². The molecule has 1 aliphatic heterocycles. The number of rotatable bonds is 3. The summed E-state index contributed by atoms with van der Waals surface area (Å²) in [4.78, 5) is 13.0. The minimum absolute atomic E-state index is 0.494. The first-order valence-corrected chi connectivity index (χ1v) is 6.59. The number of nitrogens with zero attached hydrogens (tertiary/aromatic N) is 5. The number of oxazole rings is 1. The Morgan fingerprint density at radius 2 is 2.14 bits per heavy atom. The minimum atomic E-state index is 0.494. The summed E-state index contributed by atoms with van der Waals surface area (Å²) in [6.45, 7) is 2.97. The number of aromatic nitrogens is 5. The molecule has 2 N–H and O–H groups in total. The van der Waals surface area contributed by atoms with Crippen LogP contribution in [0.25, 0.3) is 22.6 Å². The van der Waals surface area contributed by atoms with Crippen molar-refractivity contribution in [1.29, 1.82) is 0 Å². The number of fused-ring (bicyclic) bond motifs is 1. The maximum absolute atomic E-state index is 5.34. The molecule has 108 valence electrons. The Morgan fingerprint density at radius 3 is 2.95 bits per heavy atom. The lowest BCUT2D eigenvalue weighted by Gasteiger charge is -2.27. The number of ether oxygens (including phenoxy) is 1.